The molecule has 1 aromatic carbocycles. The molecule has 8 heteroatoms. The van der Waals surface area contributed by atoms with Gasteiger partial charge in [-0.2, -0.15) is 0 Å². The van der Waals surface area contributed by atoms with E-state index in [1.807, 2.05) is 38.3 Å². The zero-order chi connectivity index (χ0) is 21.5. The van der Waals surface area contributed by atoms with Gasteiger partial charge in [0, 0.05) is 31.7 Å². The molecule has 2 aromatic rings. The number of carbonyl (C=O) groups excluding carboxylic acids is 2. The van der Waals surface area contributed by atoms with Crippen LogP contribution in [0.2, 0.25) is 0 Å². The molecule has 1 aliphatic rings. The molecule has 162 valence electrons. The topological polar surface area (TPSA) is 68.3 Å². The average Bonchev–Trinajstić information content (AvgIpc) is 3.30. The molecule has 1 fully saturated rings. The van der Waals surface area contributed by atoms with E-state index >= 15 is 0 Å². The normalized spacial score (nSPS) is 13.8. The van der Waals surface area contributed by atoms with Crippen molar-refractivity contribution in [3.63, 3.8) is 0 Å². The minimum atomic E-state index is -0.108. The SMILES string of the molecule is CCOc1cc(C(=O)N2CCN(C(=O)c3cccs3)CC2)cc(OCC)c1OCC. The van der Waals surface area contributed by atoms with Crippen molar-refractivity contribution in [3.8, 4) is 17.2 Å². The maximum Gasteiger partial charge on any atom is 0.264 e. The van der Waals surface area contributed by atoms with Crippen LogP contribution < -0.4 is 14.2 Å². The fourth-order valence-corrected chi connectivity index (χ4v) is 4.05. The molecule has 0 unspecified atom stereocenters. The summed E-state index contributed by atoms with van der Waals surface area (Å²) in [6.07, 6.45) is 0. The van der Waals surface area contributed by atoms with Gasteiger partial charge in [-0.25, -0.2) is 0 Å². The Morgan fingerprint density at radius 3 is 1.87 bits per heavy atom. The summed E-state index contributed by atoms with van der Waals surface area (Å²) in [6.45, 7) is 9.01. The number of amides is 2. The van der Waals surface area contributed by atoms with Crippen LogP contribution in [0, 0.1) is 0 Å². The number of hydrogen-bond acceptors (Lipinski definition) is 6. The summed E-state index contributed by atoms with van der Waals surface area (Å²) in [5.41, 5.74) is 0.489. The summed E-state index contributed by atoms with van der Waals surface area (Å²) in [7, 11) is 0. The van der Waals surface area contributed by atoms with Crippen LogP contribution in [0.5, 0.6) is 17.2 Å². The quantitative estimate of drug-likeness (QED) is 0.638. The molecule has 0 radical (unpaired) electrons. The number of carbonyl (C=O) groups is 2. The molecule has 0 spiro atoms. The fraction of sp³-hybridized carbons (Fsp3) is 0.455. The van der Waals surface area contributed by atoms with Gasteiger partial charge in [0.1, 0.15) is 0 Å². The van der Waals surface area contributed by atoms with E-state index in [1.165, 1.54) is 11.3 Å². The van der Waals surface area contributed by atoms with Gasteiger partial charge in [0.25, 0.3) is 11.8 Å². The minimum Gasteiger partial charge on any atom is -0.490 e. The van der Waals surface area contributed by atoms with E-state index in [4.69, 9.17) is 14.2 Å². The first-order valence-corrected chi connectivity index (χ1v) is 11.1. The molecule has 3 rings (SSSR count). The second kappa shape index (κ2) is 10.3. The smallest absolute Gasteiger partial charge is 0.264 e. The highest BCUT2D eigenvalue weighted by atomic mass is 32.1. The molecule has 0 bridgehead atoms. The van der Waals surface area contributed by atoms with E-state index < -0.39 is 0 Å². The fourth-order valence-electron chi connectivity index (χ4n) is 3.36. The maximum atomic E-state index is 13.2. The third kappa shape index (κ3) is 4.87. The Morgan fingerprint density at radius 1 is 0.867 bits per heavy atom. The van der Waals surface area contributed by atoms with Gasteiger partial charge < -0.3 is 24.0 Å². The molecule has 2 amide bonds. The maximum absolute atomic E-state index is 13.2. The van der Waals surface area contributed by atoms with Crippen LogP contribution in [0.25, 0.3) is 0 Å². The highest BCUT2D eigenvalue weighted by molar-refractivity contribution is 7.12. The highest BCUT2D eigenvalue weighted by Crippen LogP contribution is 2.39. The van der Waals surface area contributed by atoms with Gasteiger partial charge in [-0.15, -0.1) is 11.3 Å². The summed E-state index contributed by atoms with van der Waals surface area (Å²) in [5.74, 6) is 1.43. The van der Waals surface area contributed by atoms with Crippen molar-refractivity contribution in [1.82, 2.24) is 9.80 Å². The van der Waals surface area contributed by atoms with Crippen LogP contribution in [0.4, 0.5) is 0 Å². The first-order chi connectivity index (χ1) is 14.6. The number of ether oxygens (including phenoxy) is 3. The monoisotopic (exact) mass is 432 g/mol. The van der Waals surface area contributed by atoms with Gasteiger partial charge in [-0.1, -0.05) is 6.07 Å². The second-order valence-corrected chi connectivity index (χ2v) is 7.61. The van der Waals surface area contributed by atoms with Crippen LogP contribution in [0.1, 0.15) is 40.8 Å². The Kier molecular flexibility index (Phi) is 7.57. The number of hydrogen-bond donors (Lipinski definition) is 0. The Balaban J connectivity index is 1.75. The summed E-state index contributed by atoms with van der Waals surface area (Å²) in [5, 5.41) is 1.89. The van der Waals surface area contributed by atoms with Gasteiger partial charge in [0.15, 0.2) is 11.5 Å². The first-order valence-electron chi connectivity index (χ1n) is 10.3. The van der Waals surface area contributed by atoms with Crippen LogP contribution >= 0.6 is 11.3 Å². The van der Waals surface area contributed by atoms with E-state index in [-0.39, 0.29) is 11.8 Å². The standard InChI is InChI=1S/C22H28N2O5S/c1-4-27-17-14-16(15-18(28-5-2)20(17)29-6-3)21(25)23-9-11-24(12-10-23)22(26)19-8-7-13-30-19/h7-8,13-15H,4-6,9-12H2,1-3H3. The number of nitrogens with zero attached hydrogens (tertiary/aromatic N) is 2. The molecular formula is C22H28N2O5S. The largest absolute Gasteiger partial charge is 0.490 e. The van der Waals surface area contributed by atoms with Crippen molar-refractivity contribution < 1.29 is 23.8 Å². The molecule has 30 heavy (non-hydrogen) atoms. The molecule has 0 N–H and O–H groups in total. The van der Waals surface area contributed by atoms with Crippen molar-refractivity contribution in [2.24, 2.45) is 0 Å². The van der Waals surface area contributed by atoms with Crippen molar-refractivity contribution in [2.45, 2.75) is 20.8 Å². The minimum absolute atomic E-state index is 0.0235. The Bertz CT molecular complexity index is 833. The molecule has 7 nitrogen and oxygen atoms in total. The second-order valence-electron chi connectivity index (χ2n) is 6.66. The summed E-state index contributed by atoms with van der Waals surface area (Å²) in [6, 6.07) is 7.12. The molecule has 1 saturated heterocycles. The van der Waals surface area contributed by atoms with Crippen molar-refractivity contribution in [1.29, 1.82) is 0 Å². The van der Waals surface area contributed by atoms with Gasteiger partial charge >= 0.3 is 0 Å². The molecule has 1 aromatic heterocycles. The molecule has 0 saturated carbocycles. The molecule has 2 heterocycles. The van der Waals surface area contributed by atoms with E-state index in [9.17, 15) is 9.59 Å². The Labute approximate surface area is 181 Å². The van der Waals surface area contributed by atoms with Crippen molar-refractivity contribution in [3.05, 3.63) is 40.1 Å². The number of piperazine rings is 1. The lowest BCUT2D eigenvalue weighted by molar-refractivity contribution is 0.0537. The average molecular weight is 433 g/mol. The third-order valence-electron chi connectivity index (χ3n) is 4.74. The van der Waals surface area contributed by atoms with E-state index in [0.29, 0.717) is 68.8 Å². The highest BCUT2D eigenvalue weighted by Gasteiger charge is 2.27. The third-order valence-corrected chi connectivity index (χ3v) is 5.60. The molecule has 0 aliphatic carbocycles. The number of benzene rings is 1. The van der Waals surface area contributed by atoms with Crippen LogP contribution in [0.3, 0.4) is 0 Å². The number of thiophene rings is 1. The lowest BCUT2D eigenvalue weighted by Gasteiger charge is -2.34. The molecule has 1 aliphatic heterocycles. The predicted octanol–water partition coefficient (Wildman–Crippen LogP) is 3.54. The van der Waals surface area contributed by atoms with Gasteiger partial charge in [0.05, 0.1) is 24.7 Å². The van der Waals surface area contributed by atoms with Crippen LogP contribution in [-0.4, -0.2) is 67.6 Å². The molecular weight excluding hydrogens is 404 g/mol. The van der Waals surface area contributed by atoms with Crippen LogP contribution in [-0.2, 0) is 0 Å². The predicted molar refractivity (Wildman–Crippen MR) is 116 cm³/mol. The lowest BCUT2D eigenvalue weighted by Crippen LogP contribution is -2.50. The van der Waals surface area contributed by atoms with Gasteiger partial charge in [0.2, 0.25) is 5.75 Å². The van der Waals surface area contributed by atoms with Crippen molar-refractivity contribution in [2.75, 3.05) is 46.0 Å². The summed E-state index contributed by atoms with van der Waals surface area (Å²) in [4.78, 5) is 30.0. The van der Waals surface area contributed by atoms with E-state index in [2.05, 4.69) is 0 Å². The van der Waals surface area contributed by atoms with Crippen LogP contribution in [0.15, 0.2) is 29.6 Å². The zero-order valence-corrected chi connectivity index (χ0v) is 18.5. The van der Waals surface area contributed by atoms with Crippen molar-refractivity contribution >= 4 is 23.2 Å². The Hall–Kier alpha value is -2.74. The lowest BCUT2D eigenvalue weighted by atomic mass is 10.1. The van der Waals surface area contributed by atoms with E-state index in [1.54, 1.807) is 21.9 Å². The first kappa shape index (κ1) is 22.0. The number of rotatable bonds is 8. The van der Waals surface area contributed by atoms with Gasteiger partial charge in [-0.3, -0.25) is 9.59 Å². The summed E-state index contributed by atoms with van der Waals surface area (Å²) < 4.78 is 17.1. The zero-order valence-electron chi connectivity index (χ0n) is 17.7. The Morgan fingerprint density at radius 2 is 1.40 bits per heavy atom. The van der Waals surface area contributed by atoms with E-state index in [0.717, 1.165) is 4.88 Å². The molecule has 0 atom stereocenters. The summed E-state index contributed by atoms with van der Waals surface area (Å²) >= 11 is 1.43. The van der Waals surface area contributed by atoms with Gasteiger partial charge in [-0.05, 0) is 44.4 Å².